The first kappa shape index (κ1) is 13.3. The number of hydrogen-bond acceptors (Lipinski definition) is 3. The van der Waals surface area contributed by atoms with Gasteiger partial charge in [0.05, 0.1) is 5.92 Å². The molecule has 3 atom stereocenters. The Morgan fingerprint density at radius 2 is 2.11 bits per heavy atom. The van der Waals surface area contributed by atoms with Gasteiger partial charge in [0, 0.05) is 19.5 Å². The Morgan fingerprint density at radius 3 is 2.72 bits per heavy atom. The van der Waals surface area contributed by atoms with E-state index >= 15 is 0 Å². The smallest absolute Gasteiger partial charge is 0.308 e. The van der Waals surface area contributed by atoms with Crippen LogP contribution < -0.4 is 5.73 Å². The van der Waals surface area contributed by atoms with E-state index in [0.29, 0.717) is 18.4 Å². The van der Waals surface area contributed by atoms with Crippen LogP contribution in [0.4, 0.5) is 0 Å². The van der Waals surface area contributed by atoms with Crippen LogP contribution in [0.15, 0.2) is 0 Å². The summed E-state index contributed by atoms with van der Waals surface area (Å²) in [5.41, 5.74) is 5.70. The van der Waals surface area contributed by atoms with Crippen LogP contribution in [0.2, 0.25) is 0 Å². The number of amides is 1. The van der Waals surface area contributed by atoms with Crippen LogP contribution in [0.25, 0.3) is 0 Å². The highest BCUT2D eigenvalue weighted by Crippen LogP contribution is 2.30. The molecule has 0 radical (unpaired) electrons. The second-order valence-electron chi connectivity index (χ2n) is 5.67. The molecule has 2 fully saturated rings. The number of nitrogens with zero attached hydrogens (tertiary/aromatic N) is 1. The average Bonchev–Trinajstić information content (AvgIpc) is 2.71. The number of rotatable bonds is 4. The van der Waals surface area contributed by atoms with Crippen molar-refractivity contribution in [2.24, 2.45) is 23.5 Å². The number of carboxylic acids is 1. The number of aliphatic carboxylic acids is 1. The third kappa shape index (κ3) is 3.02. The van der Waals surface area contributed by atoms with E-state index in [4.69, 9.17) is 10.8 Å². The predicted molar refractivity (Wildman–Crippen MR) is 66.8 cm³/mol. The van der Waals surface area contributed by atoms with Crippen LogP contribution in [0.3, 0.4) is 0 Å². The van der Waals surface area contributed by atoms with Gasteiger partial charge in [0.25, 0.3) is 0 Å². The molecular formula is C13H22N2O3. The number of hydrogen-bond donors (Lipinski definition) is 2. The molecule has 0 spiro atoms. The van der Waals surface area contributed by atoms with Crippen molar-refractivity contribution in [3.63, 3.8) is 0 Å². The molecule has 18 heavy (non-hydrogen) atoms. The van der Waals surface area contributed by atoms with Crippen LogP contribution >= 0.6 is 0 Å². The average molecular weight is 254 g/mol. The predicted octanol–water partition coefficient (Wildman–Crippen LogP) is 0.685. The molecule has 1 aliphatic carbocycles. The molecule has 2 aliphatic rings. The Kier molecular flexibility index (Phi) is 4.22. The number of nitrogens with two attached hydrogens (primary N) is 1. The summed E-state index contributed by atoms with van der Waals surface area (Å²) < 4.78 is 0. The molecular weight excluding hydrogens is 232 g/mol. The molecule has 3 N–H and O–H groups in total. The monoisotopic (exact) mass is 254 g/mol. The van der Waals surface area contributed by atoms with Crippen molar-refractivity contribution in [1.29, 1.82) is 0 Å². The Hall–Kier alpha value is -1.10. The zero-order valence-corrected chi connectivity index (χ0v) is 10.7. The van der Waals surface area contributed by atoms with Gasteiger partial charge in [0.15, 0.2) is 0 Å². The van der Waals surface area contributed by atoms with Crippen LogP contribution in [0.5, 0.6) is 0 Å². The zero-order valence-electron chi connectivity index (χ0n) is 10.7. The van der Waals surface area contributed by atoms with Crippen LogP contribution in [0, 0.1) is 17.8 Å². The fourth-order valence-electron chi connectivity index (χ4n) is 3.21. The molecule has 0 aromatic rings. The van der Waals surface area contributed by atoms with Crippen molar-refractivity contribution < 1.29 is 14.7 Å². The van der Waals surface area contributed by atoms with Crippen molar-refractivity contribution in [2.45, 2.75) is 32.1 Å². The lowest BCUT2D eigenvalue weighted by Gasteiger charge is -2.31. The lowest BCUT2D eigenvalue weighted by molar-refractivity contribution is -0.141. The maximum absolute atomic E-state index is 11.8. The number of carboxylic acid groups (broad SMARTS) is 1. The van der Waals surface area contributed by atoms with Gasteiger partial charge in [-0.2, -0.15) is 0 Å². The summed E-state index contributed by atoms with van der Waals surface area (Å²) in [6.45, 7) is 1.83. The van der Waals surface area contributed by atoms with Gasteiger partial charge >= 0.3 is 5.97 Å². The molecule has 1 aliphatic heterocycles. The third-order valence-corrected chi connectivity index (χ3v) is 4.27. The third-order valence-electron chi connectivity index (χ3n) is 4.27. The quantitative estimate of drug-likeness (QED) is 0.773. The normalized spacial score (nSPS) is 32.8. The van der Waals surface area contributed by atoms with Gasteiger partial charge in [0.1, 0.15) is 0 Å². The van der Waals surface area contributed by atoms with E-state index in [2.05, 4.69) is 0 Å². The van der Waals surface area contributed by atoms with Crippen molar-refractivity contribution in [3.8, 4) is 0 Å². The second-order valence-corrected chi connectivity index (χ2v) is 5.67. The second kappa shape index (κ2) is 5.69. The van der Waals surface area contributed by atoms with Gasteiger partial charge in [-0.3, -0.25) is 9.59 Å². The molecule has 1 heterocycles. The Labute approximate surface area is 107 Å². The lowest BCUT2D eigenvalue weighted by Crippen LogP contribution is -2.34. The Bertz CT molecular complexity index is 332. The lowest BCUT2D eigenvalue weighted by atomic mass is 9.81. The maximum Gasteiger partial charge on any atom is 0.308 e. The number of likely N-dealkylation sites (tertiary alicyclic amines) is 1. The van der Waals surface area contributed by atoms with Gasteiger partial charge < -0.3 is 15.7 Å². The van der Waals surface area contributed by atoms with Gasteiger partial charge in [-0.1, -0.05) is 6.42 Å². The minimum absolute atomic E-state index is 0.00253. The van der Waals surface area contributed by atoms with Crippen LogP contribution in [0.1, 0.15) is 32.1 Å². The summed E-state index contributed by atoms with van der Waals surface area (Å²) >= 11 is 0. The van der Waals surface area contributed by atoms with Gasteiger partial charge in [-0.15, -0.1) is 0 Å². The Balaban J connectivity index is 1.86. The summed E-state index contributed by atoms with van der Waals surface area (Å²) in [6.07, 6.45) is 4.76. The first-order valence-corrected chi connectivity index (χ1v) is 6.80. The minimum Gasteiger partial charge on any atom is -0.481 e. The van der Waals surface area contributed by atoms with E-state index in [9.17, 15) is 9.59 Å². The van der Waals surface area contributed by atoms with E-state index in [1.807, 2.05) is 0 Å². The van der Waals surface area contributed by atoms with Gasteiger partial charge in [-0.05, 0) is 37.6 Å². The highest BCUT2D eigenvalue weighted by atomic mass is 16.4. The fourth-order valence-corrected chi connectivity index (χ4v) is 3.21. The molecule has 0 aromatic heterocycles. The molecule has 1 saturated carbocycles. The van der Waals surface area contributed by atoms with E-state index in [1.54, 1.807) is 4.90 Å². The minimum atomic E-state index is -0.852. The summed E-state index contributed by atoms with van der Waals surface area (Å²) in [7, 11) is 0. The molecule has 0 bridgehead atoms. The number of carbonyl (C=O) groups excluding carboxylic acids is 1. The van der Waals surface area contributed by atoms with E-state index < -0.39 is 11.9 Å². The Morgan fingerprint density at radius 1 is 1.39 bits per heavy atom. The highest BCUT2D eigenvalue weighted by molar-refractivity contribution is 5.86. The maximum atomic E-state index is 11.8. The molecule has 1 unspecified atom stereocenters. The highest BCUT2D eigenvalue weighted by Gasteiger charge is 2.35. The molecule has 0 aromatic carbocycles. The standard InChI is InChI=1S/C13H22N2O3/c14-6-9-2-1-3-10(4-9)7-15-8-11(13(17)18)5-12(15)16/h9-11H,1-8,14H2,(H,17,18)/t9-,10+,11?/m1/s1. The summed E-state index contributed by atoms with van der Waals surface area (Å²) in [5, 5.41) is 8.94. The van der Waals surface area contributed by atoms with Crippen molar-refractivity contribution >= 4 is 11.9 Å². The van der Waals surface area contributed by atoms with E-state index in [0.717, 1.165) is 25.9 Å². The number of carbonyl (C=O) groups is 2. The molecule has 2 rings (SSSR count). The van der Waals surface area contributed by atoms with Crippen molar-refractivity contribution in [2.75, 3.05) is 19.6 Å². The SMILES string of the molecule is NC[C@@H]1CCC[C@H](CN2CC(C(=O)O)CC2=O)C1. The molecule has 1 amide bonds. The van der Waals surface area contributed by atoms with Crippen molar-refractivity contribution in [1.82, 2.24) is 4.90 Å². The summed E-state index contributed by atoms with van der Waals surface area (Å²) in [6, 6.07) is 0. The topological polar surface area (TPSA) is 83.6 Å². The molecule has 1 saturated heterocycles. The van der Waals surface area contributed by atoms with E-state index in [1.165, 1.54) is 12.8 Å². The van der Waals surface area contributed by atoms with Gasteiger partial charge in [-0.25, -0.2) is 0 Å². The zero-order chi connectivity index (χ0) is 13.1. The first-order valence-electron chi connectivity index (χ1n) is 6.80. The molecule has 5 heteroatoms. The molecule has 5 nitrogen and oxygen atoms in total. The summed E-state index contributed by atoms with van der Waals surface area (Å²) in [5.74, 6) is -0.279. The largest absolute Gasteiger partial charge is 0.481 e. The van der Waals surface area contributed by atoms with Gasteiger partial charge in [0.2, 0.25) is 5.91 Å². The van der Waals surface area contributed by atoms with Crippen LogP contribution in [-0.2, 0) is 9.59 Å². The summed E-state index contributed by atoms with van der Waals surface area (Å²) in [4.78, 5) is 24.4. The fraction of sp³-hybridized carbons (Fsp3) is 0.846. The van der Waals surface area contributed by atoms with E-state index in [-0.39, 0.29) is 12.3 Å². The molecule has 102 valence electrons. The first-order chi connectivity index (χ1) is 8.60. The van der Waals surface area contributed by atoms with Crippen molar-refractivity contribution in [3.05, 3.63) is 0 Å². The van der Waals surface area contributed by atoms with Crippen LogP contribution in [-0.4, -0.2) is 41.5 Å².